The second-order valence-corrected chi connectivity index (χ2v) is 8.44. The molecule has 0 radical (unpaired) electrons. The third kappa shape index (κ3) is 7.09. The monoisotopic (exact) mass is 438 g/mol. The molecular weight excluding hydrogens is 405 g/mol. The van der Waals surface area contributed by atoms with E-state index in [0.29, 0.717) is 24.6 Å². The number of piperidine rings is 1. The maximum Gasteiger partial charge on any atom is 0.490 e. The molecule has 0 aromatic carbocycles. The number of carbonyl (C=O) groups is 2. The van der Waals surface area contributed by atoms with Crippen LogP contribution in [0.3, 0.4) is 0 Å². The van der Waals surface area contributed by atoms with Crippen LogP contribution in [0.15, 0.2) is 0 Å². The summed E-state index contributed by atoms with van der Waals surface area (Å²) in [7, 11) is 3.91. The highest BCUT2D eigenvalue weighted by Crippen LogP contribution is 2.41. The molecule has 7 nitrogen and oxygen atoms in total. The minimum atomic E-state index is -5.08. The first-order valence-electron chi connectivity index (χ1n) is 10.5. The van der Waals surface area contributed by atoms with Crippen LogP contribution < -0.4 is 0 Å². The summed E-state index contributed by atoms with van der Waals surface area (Å²) in [6, 6.07) is 0.560. The minimum Gasteiger partial charge on any atom is -0.475 e. The van der Waals surface area contributed by atoms with Gasteiger partial charge in [-0.05, 0) is 51.5 Å². The average molecular weight is 438 g/mol. The zero-order valence-corrected chi connectivity index (χ0v) is 17.7. The van der Waals surface area contributed by atoms with Gasteiger partial charge in [0.1, 0.15) is 0 Å². The number of hydrogen-bond donors (Lipinski definition) is 1. The van der Waals surface area contributed by atoms with Gasteiger partial charge in [0.25, 0.3) is 0 Å². The Hall–Kier alpha value is -1.39. The summed E-state index contributed by atoms with van der Waals surface area (Å²) in [6.45, 7) is 4.15. The predicted molar refractivity (Wildman–Crippen MR) is 103 cm³/mol. The quantitative estimate of drug-likeness (QED) is 0.658. The van der Waals surface area contributed by atoms with Crippen molar-refractivity contribution in [1.29, 1.82) is 0 Å². The molecule has 174 valence electrons. The van der Waals surface area contributed by atoms with Crippen LogP contribution in [-0.2, 0) is 19.1 Å². The predicted octanol–water partition coefficient (Wildman–Crippen LogP) is 2.54. The Morgan fingerprint density at radius 3 is 2.20 bits per heavy atom. The molecule has 1 aliphatic carbocycles. The third-order valence-electron chi connectivity index (χ3n) is 6.41. The molecule has 1 atom stereocenters. The van der Waals surface area contributed by atoms with Gasteiger partial charge in [-0.25, -0.2) is 4.79 Å². The number of carbonyl (C=O) groups excluding carboxylic acids is 1. The zero-order chi connectivity index (χ0) is 22.4. The molecule has 1 amide bonds. The van der Waals surface area contributed by atoms with Gasteiger partial charge in [0.15, 0.2) is 0 Å². The lowest BCUT2D eigenvalue weighted by Gasteiger charge is -2.45. The molecule has 10 heteroatoms. The first-order chi connectivity index (χ1) is 14.1. The van der Waals surface area contributed by atoms with Crippen LogP contribution in [0.25, 0.3) is 0 Å². The molecule has 2 saturated heterocycles. The van der Waals surface area contributed by atoms with Gasteiger partial charge < -0.3 is 19.5 Å². The highest BCUT2D eigenvalue weighted by molar-refractivity contribution is 5.76. The molecule has 1 unspecified atom stereocenters. The van der Waals surface area contributed by atoms with Gasteiger partial charge >= 0.3 is 12.1 Å². The van der Waals surface area contributed by atoms with Crippen molar-refractivity contribution in [1.82, 2.24) is 9.80 Å². The van der Waals surface area contributed by atoms with Crippen molar-refractivity contribution in [3.8, 4) is 0 Å². The fraction of sp³-hybridized carbons (Fsp3) is 0.900. The summed E-state index contributed by atoms with van der Waals surface area (Å²) in [5.41, 5.74) is 0.297. The number of likely N-dealkylation sites (N-methyl/N-ethyl adjacent to an activating group) is 1. The number of nitrogens with zero attached hydrogens (tertiary/aromatic N) is 2. The largest absolute Gasteiger partial charge is 0.490 e. The van der Waals surface area contributed by atoms with Crippen molar-refractivity contribution in [3.63, 3.8) is 0 Å². The highest BCUT2D eigenvalue weighted by atomic mass is 19.4. The van der Waals surface area contributed by atoms with Gasteiger partial charge in [-0.15, -0.1) is 0 Å². The lowest BCUT2D eigenvalue weighted by atomic mass is 9.85. The molecule has 2 aliphatic heterocycles. The van der Waals surface area contributed by atoms with E-state index < -0.39 is 12.1 Å². The summed E-state index contributed by atoms with van der Waals surface area (Å²) in [5, 5.41) is 7.12. The summed E-state index contributed by atoms with van der Waals surface area (Å²) in [6.07, 6.45) is 2.83. The molecule has 0 aromatic rings. The smallest absolute Gasteiger partial charge is 0.475 e. The molecule has 1 spiro atoms. The van der Waals surface area contributed by atoms with Crippen molar-refractivity contribution >= 4 is 11.9 Å². The van der Waals surface area contributed by atoms with Gasteiger partial charge in [0.05, 0.1) is 19.6 Å². The standard InChI is InChI=1S/C18H32N2O3.C2HF3O2/c1-19-16(14-23-13-15-3-4-15)5-7-18(19)8-10-20(11-9-18)17(21)6-12-22-2;3-2(4,5)1(6)7/h15-16H,3-14H2,1-2H3;(H,6,7). The Kier molecular flexibility index (Phi) is 8.93. The molecule has 1 saturated carbocycles. The fourth-order valence-electron chi connectivity index (χ4n) is 4.17. The van der Waals surface area contributed by atoms with Gasteiger partial charge in [-0.3, -0.25) is 9.69 Å². The van der Waals surface area contributed by atoms with Crippen molar-refractivity contribution < 1.29 is 37.3 Å². The molecule has 1 N–H and O–H groups in total. The average Bonchev–Trinajstić information content (AvgIpc) is 3.48. The van der Waals surface area contributed by atoms with E-state index in [-0.39, 0.29) is 5.91 Å². The number of methoxy groups -OCH3 is 1. The van der Waals surface area contributed by atoms with Gasteiger partial charge in [-0.1, -0.05) is 0 Å². The van der Waals surface area contributed by atoms with Gasteiger partial charge in [0.2, 0.25) is 5.91 Å². The van der Waals surface area contributed by atoms with Crippen LogP contribution in [0.1, 0.15) is 44.9 Å². The number of ether oxygens (including phenoxy) is 2. The SMILES string of the molecule is COCCC(=O)N1CCC2(CCC(COCC3CC3)N2C)CC1.O=C(O)C(F)(F)F. The first kappa shape index (κ1) is 24.9. The van der Waals surface area contributed by atoms with E-state index in [0.717, 1.165) is 45.1 Å². The number of rotatable bonds is 7. The third-order valence-corrected chi connectivity index (χ3v) is 6.41. The van der Waals surface area contributed by atoms with E-state index in [2.05, 4.69) is 11.9 Å². The lowest BCUT2D eigenvalue weighted by molar-refractivity contribution is -0.192. The van der Waals surface area contributed by atoms with Crippen LogP contribution in [0.2, 0.25) is 0 Å². The number of alkyl halides is 3. The van der Waals surface area contributed by atoms with Crippen LogP contribution in [-0.4, -0.2) is 91.6 Å². The van der Waals surface area contributed by atoms with E-state index in [9.17, 15) is 18.0 Å². The van der Waals surface area contributed by atoms with Crippen molar-refractivity contribution in [2.75, 3.05) is 47.1 Å². The summed E-state index contributed by atoms with van der Waals surface area (Å²) >= 11 is 0. The number of amides is 1. The maximum atomic E-state index is 12.1. The molecule has 0 aromatic heterocycles. The van der Waals surface area contributed by atoms with Crippen molar-refractivity contribution in [2.45, 2.75) is 62.7 Å². The number of likely N-dealkylation sites (tertiary alicyclic amines) is 2. The topological polar surface area (TPSA) is 79.3 Å². The van der Waals surface area contributed by atoms with Crippen LogP contribution in [0.5, 0.6) is 0 Å². The Bertz CT molecular complexity index is 575. The number of aliphatic carboxylic acids is 1. The zero-order valence-electron chi connectivity index (χ0n) is 17.7. The molecule has 3 fully saturated rings. The highest BCUT2D eigenvalue weighted by Gasteiger charge is 2.46. The Labute approximate surface area is 175 Å². The molecule has 0 bridgehead atoms. The van der Waals surface area contributed by atoms with Crippen LogP contribution in [0.4, 0.5) is 13.2 Å². The van der Waals surface area contributed by atoms with Crippen molar-refractivity contribution in [3.05, 3.63) is 0 Å². The Balaban J connectivity index is 0.000000396. The molecular formula is C20H33F3N2O5. The second-order valence-electron chi connectivity index (χ2n) is 8.44. The number of hydrogen-bond acceptors (Lipinski definition) is 5. The molecule has 2 heterocycles. The molecule has 3 aliphatic rings. The summed E-state index contributed by atoms with van der Waals surface area (Å²) in [5.74, 6) is -1.67. The number of carboxylic acid groups (broad SMARTS) is 1. The van der Waals surface area contributed by atoms with Crippen molar-refractivity contribution in [2.24, 2.45) is 5.92 Å². The van der Waals surface area contributed by atoms with E-state index in [1.54, 1.807) is 7.11 Å². The number of halogens is 3. The first-order valence-corrected chi connectivity index (χ1v) is 10.5. The Morgan fingerprint density at radius 2 is 1.70 bits per heavy atom. The van der Waals surface area contributed by atoms with Crippen LogP contribution in [0, 0.1) is 5.92 Å². The lowest BCUT2D eigenvalue weighted by Crippen LogP contribution is -2.54. The maximum absolute atomic E-state index is 12.1. The minimum absolute atomic E-state index is 0.242. The molecule has 3 rings (SSSR count). The second kappa shape index (κ2) is 10.8. The van der Waals surface area contributed by atoms with E-state index >= 15 is 0 Å². The fourth-order valence-corrected chi connectivity index (χ4v) is 4.17. The van der Waals surface area contributed by atoms with Crippen LogP contribution >= 0.6 is 0 Å². The Morgan fingerprint density at radius 1 is 1.10 bits per heavy atom. The molecule has 30 heavy (non-hydrogen) atoms. The van der Waals surface area contributed by atoms with Gasteiger partial charge in [-0.2, -0.15) is 13.2 Å². The van der Waals surface area contributed by atoms with E-state index in [4.69, 9.17) is 19.4 Å². The summed E-state index contributed by atoms with van der Waals surface area (Å²) < 4.78 is 42.7. The normalized spacial score (nSPS) is 23.9. The van der Waals surface area contributed by atoms with Gasteiger partial charge in [0, 0.05) is 38.4 Å². The number of carboxylic acids is 1. The van der Waals surface area contributed by atoms with E-state index in [1.807, 2.05) is 4.90 Å². The van der Waals surface area contributed by atoms with E-state index in [1.165, 1.54) is 25.7 Å². The summed E-state index contributed by atoms with van der Waals surface area (Å²) in [4.78, 5) is 25.6.